The Hall–Kier alpha value is -2.53. The van der Waals surface area contributed by atoms with Crippen LogP contribution in [0.4, 0.5) is 4.39 Å². The molecule has 0 saturated carbocycles. The Morgan fingerprint density at radius 1 is 1.14 bits per heavy atom. The van der Waals surface area contributed by atoms with Crippen LogP contribution in [0, 0.1) is 5.82 Å². The van der Waals surface area contributed by atoms with Crippen LogP contribution >= 0.6 is 0 Å². The largest absolute Gasteiger partial charge is 0.322 e. The average Bonchev–Trinajstić information content (AvgIpc) is 2.51. The molecule has 0 fully saturated rings. The van der Waals surface area contributed by atoms with Gasteiger partial charge in [-0.25, -0.2) is 9.07 Å². The zero-order chi connectivity index (χ0) is 14.8. The summed E-state index contributed by atoms with van der Waals surface area (Å²) in [4.78, 5) is 12.3. The van der Waals surface area contributed by atoms with Gasteiger partial charge in [0.05, 0.1) is 18.1 Å². The van der Waals surface area contributed by atoms with Gasteiger partial charge in [0, 0.05) is 11.4 Å². The lowest BCUT2D eigenvalue weighted by Crippen LogP contribution is -2.28. The maximum atomic E-state index is 12.9. The SMILES string of the molecule is NC(Cn1ncc2ccccc2c1=O)c1ccc(F)cc1. The number of hydrogen-bond acceptors (Lipinski definition) is 3. The molecule has 0 spiro atoms. The molecule has 21 heavy (non-hydrogen) atoms. The van der Waals surface area contributed by atoms with E-state index in [9.17, 15) is 9.18 Å². The highest BCUT2D eigenvalue weighted by atomic mass is 19.1. The third-order valence-electron chi connectivity index (χ3n) is 3.43. The molecule has 0 aliphatic heterocycles. The molecule has 4 nitrogen and oxygen atoms in total. The van der Waals surface area contributed by atoms with Crippen molar-refractivity contribution in [2.75, 3.05) is 0 Å². The van der Waals surface area contributed by atoms with Crippen molar-refractivity contribution in [2.24, 2.45) is 5.73 Å². The third kappa shape index (κ3) is 2.68. The number of halogens is 1. The molecule has 0 radical (unpaired) electrons. The summed E-state index contributed by atoms with van der Waals surface area (Å²) in [5, 5.41) is 5.55. The Morgan fingerprint density at radius 2 is 1.86 bits per heavy atom. The molecular formula is C16H14FN3O. The van der Waals surface area contributed by atoms with Crippen LogP contribution in [0.5, 0.6) is 0 Å². The first-order valence-corrected chi connectivity index (χ1v) is 6.61. The number of hydrogen-bond donors (Lipinski definition) is 1. The zero-order valence-corrected chi connectivity index (χ0v) is 11.2. The van der Waals surface area contributed by atoms with E-state index < -0.39 is 6.04 Å². The minimum Gasteiger partial charge on any atom is -0.322 e. The van der Waals surface area contributed by atoms with Crippen molar-refractivity contribution in [1.82, 2.24) is 9.78 Å². The van der Waals surface area contributed by atoms with E-state index >= 15 is 0 Å². The normalized spacial score (nSPS) is 12.5. The molecule has 2 aromatic carbocycles. The smallest absolute Gasteiger partial charge is 0.274 e. The van der Waals surface area contributed by atoms with Crippen LogP contribution in [-0.2, 0) is 6.54 Å². The van der Waals surface area contributed by atoms with Gasteiger partial charge in [-0.05, 0) is 23.8 Å². The van der Waals surface area contributed by atoms with E-state index in [1.54, 1.807) is 24.4 Å². The molecule has 2 N–H and O–H groups in total. The van der Waals surface area contributed by atoms with E-state index in [0.717, 1.165) is 10.9 Å². The molecule has 0 aliphatic rings. The quantitative estimate of drug-likeness (QED) is 0.802. The van der Waals surface area contributed by atoms with E-state index in [1.807, 2.05) is 18.2 Å². The summed E-state index contributed by atoms with van der Waals surface area (Å²) in [6.45, 7) is 0.245. The summed E-state index contributed by atoms with van der Waals surface area (Å²) in [7, 11) is 0. The van der Waals surface area contributed by atoms with E-state index in [0.29, 0.717) is 5.39 Å². The maximum absolute atomic E-state index is 12.9. The van der Waals surface area contributed by atoms with Crippen LogP contribution in [0.3, 0.4) is 0 Å². The third-order valence-corrected chi connectivity index (χ3v) is 3.43. The highest BCUT2D eigenvalue weighted by Gasteiger charge is 2.10. The van der Waals surface area contributed by atoms with E-state index in [1.165, 1.54) is 16.8 Å². The van der Waals surface area contributed by atoms with Gasteiger partial charge >= 0.3 is 0 Å². The molecule has 3 rings (SSSR count). The van der Waals surface area contributed by atoms with Crippen molar-refractivity contribution in [3.8, 4) is 0 Å². The minimum absolute atomic E-state index is 0.175. The zero-order valence-electron chi connectivity index (χ0n) is 11.2. The van der Waals surface area contributed by atoms with Gasteiger partial charge in [-0.1, -0.05) is 30.3 Å². The molecule has 3 aromatic rings. The molecule has 1 unspecified atom stereocenters. The number of fused-ring (bicyclic) bond motifs is 1. The molecule has 106 valence electrons. The highest BCUT2D eigenvalue weighted by molar-refractivity contribution is 5.80. The van der Waals surface area contributed by atoms with Gasteiger partial charge in [0.2, 0.25) is 0 Å². The van der Waals surface area contributed by atoms with E-state index in [4.69, 9.17) is 5.73 Å². The summed E-state index contributed by atoms with van der Waals surface area (Å²) < 4.78 is 14.3. The minimum atomic E-state index is -0.419. The van der Waals surface area contributed by atoms with Crippen molar-refractivity contribution in [2.45, 2.75) is 12.6 Å². The lowest BCUT2D eigenvalue weighted by Gasteiger charge is -2.13. The first kappa shape index (κ1) is 13.5. The van der Waals surface area contributed by atoms with Crippen molar-refractivity contribution >= 4 is 10.8 Å². The van der Waals surface area contributed by atoms with E-state index in [-0.39, 0.29) is 17.9 Å². The van der Waals surface area contributed by atoms with Crippen molar-refractivity contribution < 1.29 is 4.39 Å². The standard InChI is InChI=1S/C16H14FN3O/c17-13-7-5-11(6-8-13)15(18)10-20-16(21)14-4-2-1-3-12(14)9-19-20/h1-9,15H,10,18H2. The van der Waals surface area contributed by atoms with Gasteiger partial charge in [-0.2, -0.15) is 5.10 Å². The lowest BCUT2D eigenvalue weighted by atomic mass is 10.1. The maximum Gasteiger partial charge on any atom is 0.274 e. The number of aromatic nitrogens is 2. The molecule has 0 saturated heterocycles. The van der Waals surface area contributed by atoms with Gasteiger partial charge < -0.3 is 5.73 Å². The van der Waals surface area contributed by atoms with E-state index in [2.05, 4.69) is 5.10 Å². The second-order valence-corrected chi connectivity index (χ2v) is 4.88. The number of rotatable bonds is 3. The van der Waals surface area contributed by atoms with Crippen LogP contribution < -0.4 is 11.3 Å². The topological polar surface area (TPSA) is 60.9 Å². The molecule has 0 aliphatic carbocycles. The Labute approximate surface area is 120 Å². The van der Waals surface area contributed by atoms with Crippen LogP contribution in [-0.4, -0.2) is 9.78 Å². The fourth-order valence-electron chi connectivity index (χ4n) is 2.26. The first-order valence-electron chi connectivity index (χ1n) is 6.61. The summed E-state index contributed by atoms with van der Waals surface area (Å²) in [5.74, 6) is -0.313. The van der Waals surface area contributed by atoms with Crippen LogP contribution in [0.15, 0.2) is 59.5 Å². The Kier molecular flexibility index (Phi) is 3.50. The highest BCUT2D eigenvalue weighted by Crippen LogP contribution is 2.13. The molecular weight excluding hydrogens is 269 g/mol. The van der Waals surface area contributed by atoms with Crippen LogP contribution in [0.2, 0.25) is 0 Å². The van der Waals surface area contributed by atoms with Crippen LogP contribution in [0.1, 0.15) is 11.6 Å². The first-order chi connectivity index (χ1) is 10.1. The summed E-state index contributed by atoms with van der Waals surface area (Å²) in [6, 6.07) is 12.8. The molecule has 0 bridgehead atoms. The molecule has 1 aromatic heterocycles. The monoisotopic (exact) mass is 283 g/mol. The van der Waals surface area contributed by atoms with Crippen molar-refractivity contribution in [1.29, 1.82) is 0 Å². The van der Waals surface area contributed by atoms with Gasteiger partial charge in [0.1, 0.15) is 5.82 Å². The predicted molar refractivity (Wildman–Crippen MR) is 79.3 cm³/mol. The Bertz CT molecular complexity index is 827. The Morgan fingerprint density at radius 3 is 2.62 bits per heavy atom. The predicted octanol–water partition coefficient (Wildman–Crippen LogP) is 2.24. The van der Waals surface area contributed by atoms with Gasteiger partial charge in [-0.3, -0.25) is 4.79 Å². The molecule has 0 amide bonds. The summed E-state index contributed by atoms with van der Waals surface area (Å²) >= 11 is 0. The van der Waals surface area contributed by atoms with Gasteiger partial charge in [0.15, 0.2) is 0 Å². The van der Waals surface area contributed by atoms with Crippen LogP contribution in [0.25, 0.3) is 10.8 Å². The molecule has 5 heteroatoms. The Balaban J connectivity index is 1.93. The number of nitrogens with zero attached hydrogens (tertiary/aromatic N) is 2. The summed E-state index contributed by atoms with van der Waals surface area (Å²) in [5.41, 5.74) is 6.65. The average molecular weight is 283 g/mol. The molecule has 1 atom stereocenters. The fourth-order valence-corrected chi connectivity index (χ4v) is 2.26. The number of nitrogens with two attached hydrogens (primary N) is 1. The summed E-state index contributed by atoms with van der Waals surface area (Å²) in [6.07, 6.45) is 1.65. The van der Waals surface area contributed by atoms with Crippen molar-refractivity contribution in [3.05, 3.63) is 76.5 Å². The second-order valence-electron chi connectivity index (χ2n) is 4.88. The fraction of sp³-hybridized carbons (Fsp3) is 0.125. The molecule has 1 heterocycles. The number of benzene rings is 2. The van der Waals surface area contributed by atoms with Gasteiger partial charge in [-0.15, -0.1) is 0 Å². The van der Waals surface area contributed by atoms with Gasteiger partial charge in [0.25, 0.3) is 5.56 Å². The lowest BCUT2D eigenvalue weighted by molar-refractivity contribution is 0.507. The van der Waals surface area contributed by atoms with Crippen molar-refractivity contribution in [3.63, 3.8) is 0 Å². The second kappa shape index (κ2) is 5.46.